The predicted octanol–water partition coefficient (Wildman–Crippen LogP) is 1.72. The molecule has 0 aliphatic carbocycles. The average molecular weight is 333 g/mol. The van der Waals surface area contributed by atoms with Gasteiger partial charge in [-0.2, -0.15) is 0 Å². The third kappa shape index (κ3) is 3.29. The van der Waals surface area contributed by atoms with E-state index in [4.69, 9.17) is 5.73 Å². The van der Waals surface area contributed by atoms with Gasteiger partial charge in [0.15, 0.2) is 0 Å². The van der Waals surface area contributed by atoms with Crippen molar-refractivity contribution in [3.8, 4) is 0 Å². The van der Waals surface area contributed by atoms with E-state index in [2.05, 4.69) is 5.32 Å². The maximum Gasteiger partial charge on any atom is 0.264 e. The molecule has 1 fully saturated rings. The number of rotatable bonds is 1. The van der Waals surface area contributed by atoms with Gasteiger partial charge in [0, 0.05) is 12.1 Å². The fourth-order valence-electron chi connectivity index (χ4n) is 2.54. The summed E-state index contributed by atoms with van der Waals surface area (Å²) in [5, 5.41) is 2.13. The lowest BCUT2D eigenvalue weighted by Crippen LogP contribution is -2.54. The van der Waals surface area contributed by atoms with Crippen molar-refractivity contribution in [2.24, 2.45) is 0 Å². The molecule has 3 rings (SSSR count). The van der Waals surface area contributed by atoms with Gasteiger partial charge in [0.25, 0.3) is 11.8 Å². The molecule has 3 N–H and O–H groups in total. The quantitative estimate of drug-likeness (QED) is 0.601. The van der Waals surface area contributed by atoms with Crippen LogP contribution in [0.3, 0.4) is 0 Å². The van der Waals surface area contributed by atoms with E-state index >= 15 is 0 Å². The largest absolute Gasteiger partial charge is 0.398 e. The lowest BCUT2D eigenvalue weighted by molar-refractivity contribution is -0.136. The van der Waals surface area contributed by atoms with Crippen LogP contribution in [0.25, 0.3) is 0 Å². The Morgan fingerprint density at radius 1 is 1.04 bits per heavy atom. The lowest BCUT2D eigenvalue weighted by atomic mass is 10.0. The summed E-state index contributed by atoms with van der Waals surface area (Å²) >= 11 is 0. The number of benzene rings is 1. The molecular formula is C17H23N3O4. The Morgan fingerprint density at radius 3 is 2.21 bits per heavy atom. The summed E-state index contributed by atoms with van der Waals surface area (Å²) in [5.41, 5.74) is 6.24. The lowest BCUT2D eigenvalue weighted by Gasteiger charge is -2.27. The smallest absolute Gasteiger partial charge is 0.264 e. The standard InChI is InChI=1S/C13H11N3O4.2C2H6/c14-7-3-1-2-6-10(7)13(20)16(12(6)19)8-4-5-9(17)15-11(8)18;2*1-2/h1-3,8H,4-5,14H2,(H,15,17,18);2*1-2H3. The molecule has 24 heavy (non-hydrogen) atoms. The third-order valence-electron chi connectivity index (χ3n) is 3.50. The van der Waals surface area contributed by atoms with Gasteiger partial charge in [0.1, 0.15) is 6.04 Å². The fourth-order valence-corrected chi connectivity index (χ4v) is 2.54. The molecule has 0 aromatic heterocycles. The summed E-state index contributed by atoms with van der Waals surface area (Å²) in [6, 6.07) is 3.64. The minimum absolute atomic E-state index is 0.0965. The summed E-state index contributed by atoms with van der Waals surface area (Å²) in [6.07, 6.45) is 0.231. The number of nitrogen functional groups attached to an aromatic ring is 1. The van der Waals surface area contributed by atoms with Gasteiger partial charge in [-0.1, -0.05) is 33.8 Å². The van der Waals surface area contributed by atoms with Crippen molar-refractivity contribution in [3.63, 3.8) is 0 Å². The number of amides is 4. The zero-order chi connectivity index (χ0) is 18.4. The molecule has 1 atom stereocenters. The van der Waals surface area contributed by atoms with Crippen molar-refractivity contribution in [1.29, 1.82) is 0 Å². The number of carbonyl (C=O) groups excluding carboxylic acids is 4. The summed E-state index contributed by atoms with van der Waals surface area (Å²) in [4.78, 5) is 48.4. The van der Waals surface area contributed by atoms with Gasteiger partial charge in [0.05, 0.1) is 11.1 Å². The monoisotopic (exact) mass is 333 g/mol. The molecule has 4 amide bonds. The molecule has 2 aliphatic rings. The Hall–Kier alpha value is -2.70. The number of imide groups is 2. The van der Waals surface area contributed by atoms with Crippen molar-refractivity contribution < 1.29 is 19.2 Å². The summed E-state index contributed by atoms with van der Waals surface area (Å²) in [7, 11) is 0. The van der Waals surface area contributed by atoms with E-state index < -0.39 is 29.7 Å². The zero-order valence-corrected chi connectivity index (χ0v) is 14.4. The van der Waals surface area contributed by atoms with Crippen LogP contribution in [0.1, 0.15) is 61.3 Å². The normalized spacial score (nSPS) is 18.8. The highest BCUT2D eigenvalue weighted by atomic mass is 16.2. The van der Waals surface area contributed by atoms with Gasteiger partial charge in [-0.15, -0.1) is 0 Å². The molecular weight excluding hydrogens is 310 g/mol. The van der Waals surface area contributed by atoms with Crippen LogP contribution in [0.15, 0.2) is 18.2 Å². The Labute approximate surface area is 141 Å². The molecule has 1 unspecified atom stereocenters. The minimum atomic E-state index is -0.959. The molecule has 0 spiro atoms. The highest BCUT2D eigenvalue weighted by Gasteiger charge is 2.45. The van der Waals surface area contributed by atoms with E-state index in [9.17, 15) is 19.2 Å². The molecule has 1 aromatic carbocycles. The molecule has 0 radical (unpaired) electrons. The highest BCUT2D eigenvalue weighted by molar-refractivity contribution is 6.25. The first kappa shape index (κ1) is 19.3. The second kappa shape index (κ2) is 8.24. The first-order valence-electron chi connectivity index (χ1n) is 8.11. The Bertz CT molecular complexity index is 670. The molecule has 0 bridgehead atoms. The van der Waals surface area contributed by atoms with Gasteiger partial charge < -0.3 is 5.73 Å². The second-order valence-corrected chi connectivity index (χ2v) is 4.72. The molecule has 0 saturated carbocycles. The number of nitrogens with two attached hydrogens (primary N) is 1. The van der Waals surface area contributed by atoms with Crippen LogP contribution >= 0.6 is 0 Å². The third-order valence-corrected chi connectivity index (χ3v) is 3.50. The minimum Gasteiger partial charge on any atom is -0.398 e. The van der Waals surface area contributed by atoms with Crippen LogP contribution in [0.5, 0.6) is 0 Å². The van der Waals surface area contributed by atoms with E-state index in [1.165, 1.54) is 12.1 Å². The van der Waals surface area contributed by atoms with Crippen LogP contribution in [0, 0.1) is 0 Å². The zero-order valence-electron chi connectivity index (χ0n) is 14.4. The maximum atomic E-state index is 12.3. The second-order valence-electron chi connectivity index (χ2n) is 4.72. The van der Waals surface area contributed by atoms with Crippen molar-refractivity contribution in [1.82, 2.24) is 10.2 Å². The average Bonchev–Trinajstić information content (AvgIpc) is 2.84. The topological polar surface area (TPSA) is 110 Å². The number of nitrogens with one attached hydrogen (secondary N) is 1. The Balaban J connectivity index is 0.000000671. The van der Waals surface area contributed by atoms with Crippen molar-refractivity contribution >= 4 is 29.3 Å². The first-order chi connectivity index (χ1) is 11.5. The van der Waals surface area contributed by atoms with Gasteiger partial charge in [-0.3, -0.25) is 29.4 Å². The number of hydrogen-bond donors (Lipinski definition) is 2. The van der Waals surface area contributed by atoms with Crippen LogP contribution in [0.2, 0.25) is 0 Å². The van der Waals surface area contributed by atoms with E-state index in [1.807, 2.05) is 27.7 Å². The Morgan fingerprint density at radius 2 is 1.67 bits per heavy atom. The van der Waals surface area contributed by atoms with Gasteiger partial charge >= 0.3 is 0 Å². The van der Waals surface area contributed by atoms with E-state index in [-0.39, 0.29) is 29.7 Å². The number of nitrogens with zero attached hydrogens (tertiary/aromatic N) is 1. The van der Waals surface area contributed by atoms with Crippen molar-refractivity contribution in [3.05, 3.63) is 29.3 Å². The predicted molar refractivity (Wildman–Crippen MR) is 90.2 cm³/mol. The number of fused-ring (bicyclic) bond motifs is 1. The fraction of sp³-hybridized carbons (Fsp3) is 0.412. The molecule has 7 nitrogen and oxygen atoms in total. The highest BCUT2D eigenvalue weighted by Crippen LogP contribution is 2.30. The number of hydrogen-bond acceptors (Lipinski definition) is 5. The van der Waals surface area contributed by atoms with Gasteiger partial charge in [0.2, 0.25) is 11.8 Å². The first-order valence-corrected chi connectivity index (χ1v) is 8.11. The van der Waals surface area contributed by atoms with Gasteiger partial charge in [-0.05, 0) is 18.6 Å². The summed E-state index contributed by atoms with van der Waals surface area (Å²) < 4.78 is 0. The van der Waals surface area contributed by atoms with E-state index in [0.29, 0.717) is 0 Å². The van der Waals surface area contributed by atoms with E-state index in [0.717, 1.165) is 4.90 Å². The van der Waals surface area contributed by atoms with Crippen LogP contribution < -0.4 is 11.1 Å². The SMILES string of the molecule is CC.CC.Nc1cccc2c1C(=O)N(C1CCC(=O)NC1=O)C2=O. The summed E-state index contributed by atoms with van der Waals surface area (Å²) in [6.45, 7) is 8.00. The number of piperidine rings is 1. The van der Waals surface area contributed by atoms with Crippen LogP contribution in [-0.2, 0) is 9.59 Å². The Kier molecular flexibility index (Phi) is 6.64. The number of anilines is 1. The van der Waals surface area contributed by atoms with Crippen LogP contribution in [0.4, 0.5) is 5.69 Å². The molecule has 2 heterocycles. The maximum absolute atomic E-state index is 12.3. The summed E-state index contributed by atoms with van der Waals surface area (Å²) in [5.74, 6) is -2.17. The van der Waals surface area contributed by atoms with Gasteiger partial charge in [-0.25, -0.2) is 0 Å². The van der Waals surface area contributed by atoms with E-state index in [1.54, 1.807) is 6.07 Å². The molecule has 1 aromatic rings. The van der Waals surface area contributed by atoms with Crippen molar-refractivity contribution in [2.75, 3.05) is 5.73 Å². The number of carbonyl (C=O) groups is 4. The molecule has 2 aliphatic heterocycles. The molecule has 1 saturated heterocycles. The van der Waals surface area contributed by atoms with Crippen molar-refractivity contribution in [2.45, 2.75) is 46.6 Å². The molecule has 7 heteroatoms. The molecule has 130 valence electrons. The van der Waals surface area contributed by atoms with Crippen LogP contribution in [-0.4, -0.2) is 34.6 Å².